The lowest BCUT2D eigenvalue weighted by molar-refractivity contribution is 0.0599. The van der Waals surface area contributed by atoms with Crippen LogP contribution in [0.15, 0.2) is 35.3 Å². The van der Waals surface area contributed by atoms with E-state index in [1.165, 1.54) is 7.11 Å². The summed E-state index contributed by atoms with van der Waals surface area (Å²) in [5.74, 6) is -0.317. The van der Waals surface area contributed by atoms with Gasteiger partial charge in [0.2, 0.25) is 0 Å². The molecule has 1 aromatic rings. The Balaban J connectivity index is 3.14. The summed E-state index contributed by atoms with van der Waals surface area (Å²) in [6, 6.07) is 5.54. The standard InChI is InChI=1S/C11H11BrO2/c1-3-4-8-5-6-9(12)7-10(8)11(13)14-2/h3,5-7H,1,4H2,2H3. The van der Waals surface area contributed by atoms with E-state index in [1.54, 1.807) is 12.1 Å². The molecule has 2 nitrogen and oxygen atoms in total. The topological polar surface area (TPSA) is 26.3 Å². The highest BCUT2D eigenvalue weighted by molar-refractivity contribution is 9.10. The zero-order chi connectivity index (χ0) is 10.6. The van der Waals surface area contributed by atoms with E-state index in [1.807, 2.05) is 12.1 Å². The van der Waals surface area contributed by atoms with Crippen LogP contribution < -0.4 is 0 Å². The van der Waals surface area contributed by atoms with Crippen LogP contribution in [-0.2, 0) is 11.2 Å². The molecule has 1 aromatic carbocycles. The van der Waals surface area contributed by atoms with Gasteiger partial charge in [-0.15, -0.1) is 6.58 Å². The highest BCUT2D eigenvalue weighted by atomic mass is 79.9. The van der Waals surface area contributed by atoms with Gasteiger partial charge in [0.05, 0.1) is 12.7 Å². The normalized spacial score (nSPS) is 9.57. The molecule has 3 heteroatoms. The van der Waals surface area contributed by atoms with Gasteiger partial charge in [0.15, 0.2) is 0 Å². The van der Waals surface area contributed by atoms with Crippen LogP contribution in [0.4, 0.5) is 0 Å². The third-order valence-corrected chi connectivity index (χ3v) is 2.33. The highest BCUT2D eigenvalue weighted by Gasteiger charge is 2.10. The van der Waals surface area contributed by atoms with Crippen molar-refractivity contribution in [2.75, 3.05) is 7.11 Å². The first-order valence-electron chi connectivity index (χ1n) is 4.16. The summed E-state index contributed by atoms with van der Waals surface area (Å²) >= 11 is 3.31. The van der Waals surface area contributed by atoms with Gasteiger partial charge < -0.3 is 4.74 Å². The third-order valence-electron chi connectivity index (χ3n) is 1.84. The molecular formula is C11H11BrO2. The van der Waals surface area contributed by atoms with Gasteiger partial charge in [0.25, 0.3) is 0 Å². The molecule has 0 aliphatic carbocycles. The maximum absolute atomic E-state index is 11.4. The van der Waals surface area contributed by atoms with Crippen LogP contribution in [0.2, 0.25) is 0 Å². The highest BCUT2D eigenvalue weighted by Crippen LogP contribution is 2.18. The predicted octanol–water partition coefficient (Wildman–Crippen LogP) is 2.96. The van der Waals surface area contributed by atoms with E-state index >= 15 is 0 Å². The van der Waals surface area contributed by atoms with Gasteiger partial charge in [-0.2, -0.15) is 0 Å². The van der Waals surface area contributed by atoms with E-state index in [0.29, 0.717) is 12.0 Å². The molecule has 0 saturated heterocycles. The van der Waals surface area contributed by atoms with Crippen LogP contribution in [0.1, 0.15) is 15.9 Å². The van der Waals surface area contributed by atoms with E-state index < -0.39 is 0 Å². The zero-order valence-electron chi connectivity index (χ0n) is 7.92. The molecule has 0 spiro atoms. The molecule has 0 aliphatic heterocycles. The number of ether oxygens (including phenoxy) is 1. The van der Waals surface area contributed by atoms with Crippen molar-refractivity contribution in [2.24, 2.45) is 0 Å². The maximum Gasteiger partial charge on any atom is 0.338 e. The molecule has 74 valence electrons. The molecule has 0 aliphatic rings. The molecule has 0 radical (unpaired) electrons. The van der Waals surface area contributed by atoms with Crippen LogP contribution in [0.3, 0.4) is 0 Å². The van der Waals surface area contributed by atoms with Crippen molar-refractivity contribution in [2.45, 2.75) is 6.42 Å². The Labute approximate surface area is 91.7 Å². The Kier molecular flexibility index (Phi) is 3.89. The Morgan fingerprint density at radius 2 is 2.36 bits per heavy atom. The lowest BCUT2D eigenvalue weighted by atomic mass is 10.1. The van der Waals surface area contributed by atoms with E-state index in [0.717, 1.165) is 10.0 Å². The minimum Gasteiger partial charge on any atom is -0.465 e. The Morgan fingerprint density at radius 1 is 1.64 bits per heavy atom. The fourth-order valence-electron chi connectivity index (χ4n) is 1.18. The first-order valence-corrected chi connectivity index (χ1v) is 4.96. The van der Waals surface area contributed by atoms with E-state index in [4.69, 9.17) is 0 Å². The third kappa shape index (κ3) is 2.45. The second kappa shape index (κ2) is 4.96. The minimum atomic E-state index is -0.317. The Bertz CT molecular complexity index is 358. The molecule has 0 bridgehead atoms. The van der Waals surface area contributed by atoms with Crippen molar-refractivity contribution in [3.05, 3.63) is 46.5 Å². The number of hydrogen-bond donors (Lipinski definition) is 0. The smallest absolute Gasteiger partial charge is 0.338 e. The molecular weight excluding hydrogens is 244 g/mol. The van der Waals surface area contributed by atoms with E-state index in [-0.39, 0.29) is 5.97 Å². The number of carbonyl (C=O) groups is 1. The lowest BCUT2D eigenvalue weighted by Crippen LogP contribution is -2.05. The summed E-state index contributed by atoms with van der Waals surface area (Å²) in [4.78, 5) is 11.4. The number of rotatable bonds is 3. The first kappa shape index (κ1) is 11.0. The Morgan fingerprint density at radius 3 is 2.93 bits per heavy atom. The number of carbonyl (C=O) groups excluding carboxylic acids is 1. The minimum absolute atomic E-state index is 0.317. The van der Waals surface area contributed by atoms with Crippen LogP contribution >= 0.6 is 15.9 Å². The second-order valence-electron chi connectivity index (χ2n) is 2.79. The van der Waals surface area contributed by atoms with Gasteiger partial charge in [0.1, 0.15) is 0 Å². The van der Waals surface area contributed by atoms with Crippen molar-refractivity contribution in [1.29, 1.82) is 0 Å². The second-order valence-corrected chi connectivity index (χ2v) is 3.70. The van der Waals surface area contributed by atoms with Crippen LogP contribution in [0.5, 0.6) is 0 Å². The average molecular weight is 255 g/mol. The van der Waals surface area contributed by atoms with Gasteiger partial charge in [-0.3, -0.25) is 0 Å². The number of hydrogen-bond acceptors (Lipinski definition) is 2. The summed E-state index contributed by atoms with van der Waals surface area (Å²) in [5, 5.41) is 0. The van der Waals surface area contributed by atoms with Gasteiger partial charge in [-0.05, 0) is 24.1 Å². The first-order chi connectivity index (χ1) is 6.69. The Hall–Kier alpha value is -1.09. The number of methoxy groups -OCH3 is 1. The molecule has 0 fully saturated rings. The number of halogens is 1. The fraction of sp³-hybridized carbons (Fsp3) is 0.182. The van der Waals surface area contributed by atoms with Gasteiger partial charge in [-0.1, -0.05) is 28.1 Å². The summed E-state index contributed by atoms with van der Waals surface area (Å²) in [7, 11) is 1.38. The molecule has 0 atom stereocenters. The van der Waals surface area contributed by atoms with Crippen molar-refractivity contribution in [3.63, 3.8) is 0 Å². The molecule has 0 saturated carbocycles. The molecule has 0 unspecified atom stereocenters. The van der Waals surface area contributed by atoms with Gasteiger partial charge in [-0.25, -0.2) is 4.79 Å². The predicted molar refractivity (Wildman–Crippen MR) is 59.4 cm³/mol. The zero-order valence-corrected chi connectivity index (χ0v) is 9.50. The molecule has 1 rings (SSSR count). The summed E-state index contributed by atoms with van der Waals surface area (Å²) in [6.45, 7) is 3.64. The van der Waals surface area contributed by atoms with Crippen molar-refractivity contribution < 1.29 is 9.53 Å². The number of allylic oxidation sites excluding steroid dienone is 1. The largest absolute Gasteiger partial charge is 0.465 e. The van der Waals surface area contributed by atoms with Crippen molar-refractivity contribution >= 4 is 21.9 Å². The molecule has 0 heterocycles. The quantitative estimate of drug-likeness (QED) is 0.613. The molecule has 0 aromatic heterocycles. The molecule has 14 heavy (non-hydrogen) atoms. The monoisotopic (exact) mass is 254 g/mol. The summed E-state index contributed by atoms with van der Waals surface area (Å²) in [6.07, 6.45) is 2.42. The van der Waals surface area contributed by atoms with Crippen LogP contribution in [-0.4, -0.2) is 13.1 Å². The lowest BCUT2D eigenvalue weighted by Gasteiger charge is -2.05. The van der Waals surface area contributed by atoms with Gasteiger partial charge in [0, 0.05) is 4.47 Å². The number of benzene rings is 1. The van der Waals surface area contributed by atoms with Crippen LogP contribution in [0.25, 0.3) is 0 Å². The maximum atomic E-state index is 11.4. The van der Waals surface area contributed by atoms with Gasteiger partial charge >= 0.3 is 5.97 Å². The summed E-state index contributed by atoms with van der Waals surface area (Å²) in [5.41, 5.74) is 1.51. The van der Waals surface area contributed by atoms with E-state index in [9.17, 15) is 4.79 Å². The average Bonchev–Trinajstić information content (AvgIpc) is 2.20. The van der Waals surface area contributed by atoms with E-state index in [2.05, 4.69) is 27.2 Å². The molecule has 0 N–H and O–H groups in total. The number of esters is 1. The van der Waals surface area contributed by atoms with Crippen molar-refractivity contribution in [3.8, 4) is 0 Å². The fourth-order valence-corrected chi connectivity index (χ4v) is 1.54. The van der Waals surface area contributed by atoms with Crippen LogP contribution in [0, 0.1) is 0 Å². The SMILES string of the molecule is C=CCc1ccc(Br)cc1C(=O)OC. The molecule has 0 amide bonds. The van der Waals surface area contributed by atoms with Crippen molar-refractivity contribution in [1.82, 2.24) is 0 Å². The summed E-state index contributed by atoms with van der Waals surface area (Å²) < 4.78 is 5.55.